The van der Waals surface area contributed by atoms with Gasteiger partial charge < -0.3 is 19.5 Å². The predicted molar refractivity (Wildman–Crippen MR) is 107 cm³/mol. The fraction of sp³-hybridized carbons (Fsp3) is 0.619. The summed E-state index contributed by atoms with van der Waals surface area (Å²) in [6.07, 6.45) is 3.42. The van der Waals surface area contributed by atoms with Crippen LogP contribution in [-0.2, 0) is 4.79 Å². The quantitative estimate of drug-likeness (QED) is 0.696. The Bertz CT molecular complexity index is 664. The zero-order chi connectivity index (χ0) is 20.5. The van der Waals surface area contributed by atoms with Crippen LogP contribution in [0.4, 0.5) is 0 Å². The van der Waals surface area contributed by atoms with Gasteiger partial charge in [0.1, 0.15) is 0 Å². The highest BCUT2D eigenvalue weighted by molar-refractivity contribution is 5.95. The molecule has 1 N–H and O–H groups in total. The molecule has 1 fully saturated rings. The summed E-state index contributed by atoms with van der Waals surface area (Å²) in [6, 6.07) is 5.53. The average molecular weight is 392 g/mol. The van der Waals surface area contributed by atoms with Gasteiger partial charge in [0.2, 0.25) is 0 Å². The largest absolute Gasteiger partial charge is 0.490 e. The molecule has 1 saturated heterocycles. The molecule has 1 aliphatic rings. The molecule has 0 bridgehead atoms. The highest BCUT2D eigenvalue weighted by atomic mass is 16.5. The number of rotatable bonds is 9. The molecule has 156 valence electrons. The van der Waals surface area contributed by atoms with Crippen LogP contribution in [0.1, 0.15) is 49.9 Å². The van der Waals surface area contributed by atoms with Gasteiger partial charge in [0, 0.05) is 24.7 Å². The maximum absolute atomic E-state index is 13.0. The molecule has 0 spiro atoms. The minimum atomic E-state index is -0.825. The van der Waals surface area contributed by atoms with Gasteiger partial charge >= 0.3 is 5.97 Å². The van der Waals surface area contributed by atoms with Gasteiger partial charge in [0.05, 0.1) is 19.8 Å². The number of likely N-dealkylation sites (N-methyl/N-ethyl adjacent to an activating group) is 1. The molecule has 1 aromatic rings. The summed E-state index contributed by atoms with van der Waals surface area (Å²) in [7, 11) is 1.83. The van der Waals surface area contributed by atoms with Crippen molar-refractivity contribution in [2.24, 2.45) is 0 Å². The Morgan fingerprint density at radius 3 is 2.64 bits per heavy atom. The summed E-state index contributed by atoms with van der Waals surface area (Å²) >= 11 is 0. The lowest BCUT2D eigenvalue weighted by Gasteiger charge is -2.25. The lowest BCUT2D eigenvalue weighted by atomic mass is 10.1. The van der Waals surface area contributed by atoms with Crippen molar-refractivity contribution in [3.63, 3.8) is 0 Å². The van der Waals surface area contributed by atoms with Gasteiger partial charge in [-0.1, -0.05) is 6.92 Å². The first-order chi connectivity index (χ1) is 13.5. The Morgan fingerprint density at radius 1 is 1.18 bits per heavy atom. The minimum absolute atomic E-state index is 0.0234. The van der Waals surface area contributed by atoms with Gasteiger partial charge in [0.25, 0.3) is 5.91 Å². The normalized spacial score (nSPS) is 17.3. The van der Waals surface area contributed by atoms with Gasteiger partial charge in [-0.2, -0.15) is 0 Å². The number of carbonyl (C=O) groups excluding carboxylic acids is 1. The maximum atomic E-state index is 13.0. The van der Waals surface area contributed by atoms with E-state index in [-0.39, 0.29) is 18.5 Å². The number of nitrogens with zero attached hydrogens (tertiary/aromatic N) is 2. The molecule has 1 aliphatic heterocycles. The molecule has 28 heavy (non-hydrogen) atoms. The zero-order valence-electron chi connectivity index (χ0n) is 17.1. The highest BCUT2D eigenvalue weighted by Crippen LogP contribution is 2.29. The Kier molecular flexibility index (Phi) is 8.57. The number of ether oxygens (including phenoxy) is 2. The lowest BCUT2D eigenvalue weighted by Crippen LogP contribution is -2.37. The molecule has 1 heterocycles. The molecule has 7 nitrogen and oxygen atoms in total. The van der Waals surface area contributed by atoms with Gasteiger partial charge in [-0.3, -0.25) is 14.5 Å². The van der Waals surface area contributed by atoms with Crippen molar-refractivity contribution in [3.8, 4) is 11.5 Å². The Labute approximate surface area is 167 Å². The summed E-state index contributed by atoms with van der Waals surface area (Å²) in [4.78, 5) is 27.7. The van der Waals surface area contributed by atoms with Crippen molar-refractivity contribution < 1.29 is 24.2 Å². The Balaban J connectivity index is 2.06. The van der Waals surface area contributed by atoms with Crippen LogP contribution in [0, 0.1) is 0 Å². The van der Waals surface area contributed by atoms with Crippen LogP contribution in [0.15, 0.2) is 18.2 Å². The number of aliphatic carboxylic acids is 1. The van der Waals surface area contributed by atoms with Crippen LogP contribution in [0.25, 0.3) is 0 Å². The van der Waals surface area contributed by atoms with Gasteiger partial charge in [-0.15, -0.1) is 0 Å². The molecule has 0 radical (unpaired) electrons. The van der Waals surface area contributed by atoms with Crippen LogP contribution >= 0.6 is 0 Å². The molecule has 1 unspecified atom stereocenters. The number of benzene rings is 1. The number of amides is 1. The third-order valence-electron chi connectivity index (χ3n) is 4.95. The molecule has 0 aromatic heterocycles. The smallest absolute Gasteiger partial charge is 0.317 e. The lowest BCUT2D eigenvalue weighted by molar-refractivity contribution is -0.138. The number of carboxylic acid groups (broad SMARTS) is 1. The summed E-state index contributed by atoms with van der Waals surface area (Å²) in [5.41, 5.74) is 0.588. The molecule has 2 rings (SSSR count). The van der Waals surface area contributed by atoms with Crippen LogP contribution in [0.3, 0.4) is 0 Å². The Hall–Kier alpha value is -2.28. The summed E-state index contributed by atoms with van der Waals surface area (Å²) in [5, 5.41) is 8.99. The number of likely N-dealkylation sites (tertiary alicyclic amines) is 1. The SMILES string of the molecule is CCCOc1ccc(C(=O)N2CCCC(N(C)CC(=O)O)CC2)cc1OCC. The van der Waals surface area contributed by atoms with E-state index in [4.69, 9.17) is 14.6 Å². The second kappa shape index (κ2) is 10.9. The summed E-state index contributed by atoms with van der Waals surface area (Å²) in [5.74, 6) is 0.403. The first-order valence-electron chi connectivity index (χ1n) is 10.1. The number of hydrogen-bond acceptors (Lipinski definition) is 5. The van der Waals surface area contributed by atoms with Crippen molar-refractivity contribution in [2.45, 2.75) is 45.6 Å². The molecular weight excluding hydrogens is 360 g/mol. The first kappa shape index (κ1) is 22.0. The molecule has 0 saturated carbocycles. The van der Waals surface area contributed by atoms with Gasteiger partial charge in [-0.25, -0.2) is 0 Å². The van der Waals surface area contributed by atoms with E-state index in [1.54, 1.807) is 18.2 Å². The summed E-state index contributed by atoms with van der Waals surface area (Å²) in [6.45, 7) is 6.36. The molecule has 1 atom stereocenters. The van der Waals surface area contributed by atoms with Crippen LogP contribution in [-0.4, -0.2) is 72.7 Å². The molecule has 1 amide bonds. The maximum Gasteiger partial charge on any atom is 0.317 e. The second-order valence-corrected chi connectivity index (χ2v) is 7.13. The monoisotopic (exact) mass is 392 g/mol. The van der Waals surface area contributed by atoms with E-state index in [1.807, 2.05) is 30.7 Å². The fourth-order valence-electron chi connectivity index (χ4n) is 3.49. The number of carboxylic acids is 1. The van der Waals surface area contributed by atoms with Crippen molar-refractivity contribution in [2.75, 3.05) is 39.9 Å². The second-order valence-electron chi connectivity index (χ2n) is 7.13. The Morgan fingerprint density at radius 2 is 1.96 bits per heavy atom. The van der Waals surface area contributed by atoms with E-state index >= 15 is 0 Å². The van der Waals surface area contributed by atoms with E-state index in [0.717, 1.165) is 25.7 Å². The molecule has 1 aromatic carbocycles. The van der Waals surface area contributed by atoms with E-state index in [1.165, 1.54) is 0 Å². The fourth-order valence-corrected chi connectivity index (χ4v) is 3.49. The summed E-state index contributed by atoms with van der Waals surface area (Å²) < 4.78 is 11.4. The topological polar surface area (TPSA) is 79.3 Å². The third-order valence-corrected chi connectivity index (χ3v) is 4.95. The van der Waals surface area contributed by atoms with E-state index in [2.05, 4.69) is 0 Å². The van der Waals surface area contributed by atoms with Crippen LogP contribution < -0.4 is 9.47 Å². The van der Waals surface area contributed by atoms with Crippen molar-refractivity contribution in [3.05, 3.63) is 23.8 Å². The zero-order valence-corrected chi connectivity index (χ0v) is 17.1. The first-order valence-corrected chi connectivity index (χ1v) is 10.1. The van der Waals surface area contributed by atoms with E-state index < -0.39 is 5.97 Å². The van der Waals surface area contributed by atoms with Crippen LogP contribution in [0.2, 0.25) is 0 Å². The molecule has 7 heteroatoms. The molecular formula is C21H32N2O5. The van der Waals surface area contributed by atoms with Crippen molar-refractivity contribution >= 4 is 11.9 Å². The van der Waals surface area contributed by atoms with E-state index in [0.29, 0.717) is 43.4 Å². The van der Waals surface area contributed by atoms with Crippen LogP contribution in [0.5, 0.6) is 11.5 Å². The number of carbonyl (C=O) groups is 2. The third kappa shape index (κ3) is 6.12. The van der Waals surface area contributed by atoms with Crippen molar-refractivity contribution in [1.29, 1.82) is 0 Å². The van der Waals surface area contributed by atoms with Gasteiger partial charge in [0.15, 0.2) is 11.5 Å². The predicted octanol–water partition coefficient (Wildman–Crippen LogP) is 2.89. The standard InChI is InChI=1S/C21H32N2O5/c1-4-13-28-18-9-8-16(14-19(18)27-5-2)21(26)23-11-6-7-17(10-12-23)22(3)15-20(24)25/h8-9,14,17H,4-7,10-13,15H2,1-3H3,(H,24,25). The van der Waals surface area contributed by atoms with Gasteiger partial charge in [-0.05, 0) is 57.9 Å². The highest BCUT2D eigenvalue weighted by Gasteiger charge is 2.25. The number of hydrogen-bond donors (Lipinski definition) is 1. The van der Waals surface area contributed by atoms with E-state index in [9.17, 15) is 9.59 Å². The average Bonchev–Trinajstić information content (AvgIpc) is 2.92. The molecule has 0 aliphatic carbocycles. The van der Waals surface area contributed by atoms with Crippen molar-refractivity contribution in [1.82, 2.24) is 9.80 Å². The minimum Gasteiger partial charge on any atom is -0.490 e.